The van der Waals surface area contributed by atoms with Crippen LogP contribution in [0.1, 0.15) is 53.0 Å². The molecule has 0 fully saturated rings. The summed E-state index contributed by atoms with van der Waals surface area (Å²) >= 11 is 0. The van der Waals surface area contributed by atoms with Crippen molar-refractivity contribution >= 4 is 23.6 Å². The third-order valence-electron chi connectivity index (χ3n) is 6.25. The predicted octanol–water partition coefficient (Wildman–Crippen LogP) is 4.29. The number of carbonyl (C=O) groups excluding carboxylic acids is 2. The van der Waals surface area contributed by atoms with Gasteiger partial charge in [-0.1, -0.05) is 20.8 Å². The van der Waals surface area contributed by atoms with E-state index >= 15 is 0 Å². The standard InChI is InChI=1S/C26H36F2N4O5/c1-13-19(22(33)35-8)21(20(14(2)30-13)23(34)36-9)17-12-16(10-11-18(17)37-24(27)28)32-25(29-7)31-15(3)26(4,5)6/h10-12,15,21,24,30H,1-9H3,(H2,29,31,32). The molecule has 1 atom stereocenters. The van der Waals surface area contributed by atoms with Crippen LogP contribution < -0.4 is 20.7 Å². The Morgan fingerprint density at radius 2 is 1.59 bits per heavy atom. The number of nitrogens with one attached hydrogen (secondary N) is 3. The maximum Gasteiger partial charge on any atom is 0.387 e. The molecule has 1 heterocycles. The molecule has 9 nitrogen and oxygen atoms in total. The number of esters is 2. The second kappa shape index (κ2) is 12.1. The van der Waals surface area contributed by atoms with Gasteiger partial charge in [0.05, 0.1) is 31.3 Å². The monoisotopic (exact) mass is 522 g/mol. The van der Waals surface area contributed by atoms with Crippen LogP contribution in [0.3, 0.4) is 0 Å². The van der Waals surface area contributed by atoms with E-state index in [1.165, 1.54) is 26.4 Å². The number of dihydropyridines is 1. The van der Waals surface area contributed by atoms with Crippen LogP contribution in [-0.2, 0) is 19.1 Å². The van der Waals surface area contributed by atoms with Crippen molar-refractivity contribution in [2.24, 2.45) is 10.4 Å². The molecular formula is C26H36F2N4O5. The minimum atomic E-state index is -3.14. The maximum atomic E-state index is 13.4. The lowest BCUT2D eigenvalue weighted by Crippen LogP contribution is -2.44. The molecule has 204 valence electrons. The highest BCUT2D eigenvalue weighted by Gasteiger charge is 2.39. The van der Waals surface area contributed by atoms with Crippen molar-refractivity contribution < 1.29 is 32.6 Å². The van der Waals surface area contributed by atoms with Crippen LogP contribution in [0.25, 0.3) is 0 Å². The van der Waals surface area contributed by atoms with Gasteiger partial charge < -0.3 is 30.2 Å². The van der Waals surface area contributed by atoms with Crippen molar-refractivity contribution in [1.29, 1.82) is 0 Å². The lowest BCUT2D eigenvalue weighted by molar-refractivity contribution is -0.137. The number of guanidine groups is 1. The van der Waals surface area contributed by atoms with Crippen LogP contribution in [0.2, 0.25) is 0 Å². The van der Waals surface area contributed by atoms with Crippen LogP contribution in [0.5, 0.6) is 5.75 Å². The summed E-state index contributed by atoms with van der Waals surface area (Å²) in [6.45, 7) is 8.37. The number of hydrogen-bond donors (Lipinski definition) is 3. The molecule has 2 rings (SSSR count). The topological polar surface area (TPSA) is 110 Å². The normalized spacial score (nSPS) is 15.8. The van der Waals surface area contributed by atoms with E-state index in [-0.39, 0.29) is 33.9 Å². The van der Waals surface area contributed by atoms with Crippen molar-refractivity contribution in [2.75, 3.05) is 26.6 Å². The minimum absolute atomic E-state index is 0.0389. The summed E-state index contributed by atoms with van der Waals surface area (Å²) in [5.41, 5.74) is 1.48. The molecular weight excluding hydrogens is 486 g/mol. The van der Waals surface area contributed by atoms with Gasteiger partial charge in [0.2, 0.25) is 0 Å². The van der Waals surface area contributed by atoms with Crippen molar-refractivity contribution in [3.8, 4) is 5.75 Å². The van der Waals surface area contributed by atoms with Gasteiger partial charge in [-0.2, -0.15) is 8.78 Å². The zero-order valence-electron chi connectivity index (χ0n) is 22.7. The van der Waals surface area contributed by atoms with Gasteiger partial charge in [0, 0.05) is 35.7 Å². The number of aliphatic imine (C=N–C) groups is 1. The number of rotatable bonds is 7. The number of anilines is 1. The van der Waals surface area contributed by atoms with Crippen LogP contribution in [-0.4, -0.2) is 51.8 Å². The lowest BCUT2D eigenvalue weighted by atomic mass is 9.79. The summed E-state index contributed by atoms with van der Waals surface area (Å²) in [5.74, 6) is -2.34. The molecule has 11 heteroatoms. The van der Waals surface area contributed by atoms with Crippen LogP contribution in [0.4, 0.5) is 14.5 Å². The van der Waals surface area contributed by atoms with E-state index in [1.54, 1.807) is 27.0 Å². The van der Waals surface area contributed by atoms with Crippen molar-refractivity contribution in [3.05, 3.63) is 46.3 Å². The first-order valence-corrected chi connectivity index (χ1v) is 11.7. The average molecular weight is 523 g/mol. The molecule has 3 N–H and O–H groups in total. The second-order valence-electron chi connectivity index (χ2n) is 9.68. The number of halogens is 2. The molecule has 0 bridgehead atoms. The Kier molecular flexibility index (Phi) is 9.66. The highest BCUT2D eigenvalue weighted by atomic mass is 19.3. The number of nitrogens with zero attached hydrogens (tertiary/aromatic N) is 1. The van der Waals surface area contributed by atoms with Crippen LogP contribution in [0, 0.1) is 5.41 Å². The fourth-order valence-electron chi connectivity index (χ4n) is 3.84. The summed E-state index contributed by atoms with van der Waals surface area (Å²) in [6, 6.07) is 4.46. The first kappa shape index (κ1) is 29.6. The Hall–Kier alpha value is -3.63. The molecule has 1 unspecified atom stereocenters. The van der Waals surface area contributed by atoms with Gasteiger partial charge in [-0.25, -0.2) is 9.59 Å². The molecule has 1 aromatic carbocycles. The molecule has 0 amide bonds. The molecule has 0 saturated heterocycles. The summed E-state index contributed by atoms with van der Waals surface area (Å²) in [5, 5.41) is 9.43. The van der Waals surface area contributed by atoms with Gasteiger partial charge in [-0.05, 0) is 44.4 Å². The summed E-state index contributed by atoms with van der Waals surface area (Å²) < 4.78 is 41.6. The van der Waals surface area contributed by atoms with Gasteiger partial charge in [-0.3, -0.25) is 4.99 Å². The van der Waals surface area contributed by atoms with Crippen LogP contribution >= 0.6 is 0 Å². The fraction of sp³-hybridized carbons (Fsp3) is 0.500. The van der Waals surface area contributed by atoms with E-state index in [2.05, 4.69) is 41.7 Å². The Morgan fingerprint density at radius 3 is 2.03 bits per heavy atom. The molecule has 1 aliphatic heterocycles. The SMILES string of the molecule is CN=C(Nc1ccc(OC(F)F)c(C2C(C(=O)OC)=C(C)NC(C)=C2C(=O)OC)c1)NC(C)C(C)(C)C. The minimum Gasteiger partial charge on any atom is -0.466 e. The van der Waals surface area contributed by atoms with E-state index in [0.29, 0.717) is 23.0 Å². The fourth-order valence-corrected chi connectivity index (χ4v) is 3.84. The number of benzene rings is 1. The van der Waals surface area contributed by atoms with E-state index in [1.807, 2.05) is 6.92 Å². The smallest absolute Gasteiger partial charge is 0.387 e. The Labute approximate surface area is 216 Å². The number of ether oxygens (including phenoxy) is 3. The zero-order valence-corrected chi connectivity index (χ0v) is 22.7. The van der Waals surface area contributed by atoms with E-state index < -0.39 is 24.5 Å². The summed E-state index contributed by atoms with van der Waals surface area (Å²) in [6.07, 6.45) is 0. The average Bonchev–Trinajstić information content (AvgIpc) is 2.82. The van der Waals surface area contributed by atoms with Gasteiger partial charge in [0.15, 0.2) is 5.96 Å². The predicted molar refractivity (Wildman–Crippen MR) is 137 cm³/mol. The maximum absolute atomic E-state index is 13.4. The lowest BCUT2D eigenvalue weighted by Gasteiger charge is -2.31. The molecule has 37 heavy (non-hydrogen) atoms. The summed E-state index contributed by atoms with van der Waals surface area (Å²) in [7, 11) is 4.00. The van der Waals surface area contributed by atoms with Crippen LogP contribution in [0.15, 0.2) is 45.7 Å². The van der Waals surface area contributed by atoms with Gasteiger partial charge in [0.1, 0.15) is 5.75 Å². The number of allylic oxidation sites excluding steroid dienone is 2. The molecule has 0 aliphatic carbocycles. The number of methoxy groups -OCH3 is 2. The third-order valence-corrected chi connectivity index (χ3v) is 6.25. The first-order valence-electron chi connectivity index (χ1n) is 11.7. The van der Waals surface area contributed by atoms with Crippen molar-refractivity contribution in [3.63, 3.8) is 0 Å². The van der Waals surface area contributed by atoms with Crippen molar-refractivity contribution in [1.82, 2.24) is 10.6 Å². The highest BCUT2D eigenvalue weighted by molar-refractivity contribution is 6.00. The molecule has 0 aromatic heterocycles. The zero-order chi connectivity index (χ0) is 28.1. The molecule has 1 aliphatic rings. The Balaban J connectivity index is 2.71. The van der Waals surface area contributed by atoms with Gasteiger partial charge in [-0.15, -0.1) is 0 Å². The second-order valence-corrected chi connectivity index (χ2v) is 9.68. The summed E-state index contributed by atoms with van der Waals surface area (Å²) in [4.78, 5) is 30.0. The molecule has 0 spiro atoms. The third kappa shape index (κ3) is 6.99. The number of alkyl halides is 2. The van der Waals surface area contributed by atoms with E-state index in [9.17, 15) is 18.4 Å². The molecule has 0 saturated carbocycles. The van der Waals surface area contributed by atoms with Crippen molar-refractivity contribution in [2.45, 2.75) is 60.1 Å². The number of hydrogen-bond acceptors (Lipinski definition) is 7. The number of carbonyl (C=O) groups is 2. The van der Waals surface area contributed by atoms with Gasteiger partial charge >= 0.3 is 18.6 Å². The molecule has 1 aromatic rings. The Bertz CT molecular complexity index is 1080. The highest BCUT2D eigenvalue weighted by Crippen LogP contribution is 2.44. The van der Waals surface area contributed by atoms with E-state index in [4.69, 9.17) is 14.2 Å². The van der Waals surface area contributed by atoms with Gasteiger partial charge in [0.25, 0.3) is 0 Å². The largest absolute Gasteiger partial charge is 0.466 e. The Morgan fingerprint density at radius 1 is 1.05 bits per heavy atom. The molecule has 0 radical (unpaired) electrons. The first-order chi connectivity index (χ1) is 17.2. The quantitative estimate of drug-likeness (QED) is 0.276. The van der Waals surface area contributed by atoms with E-state index in [0.717, 1.165) is 0 Å².